The number of carbonyl (C=O) groups excluding carboxylic acids is 2. The zero-order valence-corrected chi connectivity index (χ0v) is 14.6. The minimum Gasteiger partial charge on any atom is -0.366 e. The SMILES string of the molecule is CC(C)c1cc(C(=O)N2CCC(Cc3cccc(C(N)=O)c3)C2)on1. The van der Waals surface area contributed by atoms with Crippen LogP contribution in [-0.4, -0.2) is 35.0 Å². The first-order valence-electron chi connectivity index (χ1n) is 8.58. The van der Waals surface area contributed by atoms with Crippen molar-refractivity contribution in [2.24, 2.45) is 11.7 Å². The fourth-order valence-electron chi connectivity index (χ4n) is 3.19. The van der Waals surface area contributed by atoms with E-state index in [1.54, 1.807) is 12.1 Å². The van der Waals surface area contributed by atoms with Crippen LogP contribution in [0.25, 0.3) is 0 Å². The van der Waals surface area contributed by atoms with E-state index in [-0.39, 0.29) is 11.8 Å². The van der Waals surface area contributed by atoms with E-state index in [1.165, 1.54) is 0 Å². The Bertz CT molecular complexity index is 782. The maximum Gasteiger partial charge on any atom is 0.292 e. The van der Waals surface area contributed by atoms with Crippen LogP contribution in [-0.2, 0) is 6.42 Å². The van der Waals surface area contributed by atoms with Gasteiger partial charge in [0.25, 0.3) is 5.91 Å². The van der Waals surface area contributed by atoms with E-state index in [9.17, 15) is 9.59 Å². The van der Waals surface area contributed by atoms with Gasteiger partial charge in [-0.3, -0.25) is 9.59 Å². The van der Waals surface area contributed by atoms with E-state index < -0.39 is 5.91 Å². The monoisotopic (exact) mass is 341 g/mol. The van der Waals surface area contributed by atoms with Crippen LogP contribution in [0.4, 0.5) is 0 Å². The second kappa shape index (κ2) is 7.09. The molecule has 6 heteroatoms. The minimum absolute atomic E-state index is 0.104. The van der Waals surface area contributed by atoms with Gasteiger partial charge in [-0.15, -0.1) is 0 Å². The highest BCUT2D eigenvalue weighted by molar-refractivity contribution is 5.93. The maximum atomic E-state index is 12.6. The molecular formula is C19H23N3O3. The van der Waals surface area contributed by atoms with Gasteiger partial charge >= 0.3 is 0 Å². The summed E-state index contributed by atoms with van der Waals surface area (Å²) in [6, 6.07) is 9.11. The number of carbonyl (C=O) groups is 2. The highest BCUT2D eigenvalue weighted by Crippen LogP contribution is 2.24. The van der Waals surface area contributed by atoms with Gasteiger partial charge in [-0.25, -0.2) is 0 Å². The van der Waals surface area contributed by atoms with E-state index in [4.69, 9.17) is 10.3 Å². The van der Waals surface area contributed by atoms with Gasteiger partial charge in [0.05, 0.1) is 5.69 Å². The van der Waals surface area contributed by atoms with Crippen molar-refractivity contribution in [1.29, 1.82) is 0 Å². The first-order chi connectivity index (χ1) is 11.9. The molecule has 1 fully saturated rings. The molecule has 1 aliphatic heterocycles. The molecule has 1 aliphatic rings. The predicted octanol–water partition coefficient (Wildman–Crippen LogP) is 2.60. The predicted molar refractivity (Wildman–Crippen MR) is 93.3 cm³/mol. The summed E-state index contributed by atoms with van der Waals surface area (Å²) in [7, 11) is 0. The molecule has 6 nitrogen and oxygen atoms in total. The number of hydrogen-bond acceptors (Lipinski definition) is 4. The molecular weight excluding hydrogens is 318 g/mol. The summed E-state index contributed by atoms with van der Waals surface area (Å²) < 4.78 is 5.20. The fraction of sp³-hybridized carbons (Fsp3) is 0.421. The van der Waals surface area contributed by atoms with Crippen LogP contribution in [0.5, 0.6) is 0 Å². The number of nitrogens with two attached hydrogens (primary N) is 1. The summed E-state index contributed by atoms with van der Waals surface area (Å²) in [6.07, 6.45) is 1.75. The van der Waals surface area contributed by atoms with E-state index in [1.807, 2.05) is 36.9 Å². The number of benzene rings is 1. The highest BCUT2D eigenvalue weighted by atomic mass is 16.5. The Hall–Kier alpha value is -2.63. The van der Waals surface area contributed by atoms with Crippen molar-refractivity contribution in [3.63, 3.8) is 0 Å². The van der Waals surface area contributed by atoms with Crippen molar-refractivity contribution in [2.75, 3.05) is 13.1 Å². The molecule has 0 bridgehead atoms. The zero-order chi connectivity index (χ0) is 18.0. The van der Waals surface area contributed by atoms with Gasteiger partial charge < -0.3 is 15.2 Å². The molecule has 1 aromatic carbocycles. The van der Waals surface area contributed by atoms with Crippen LogP contribution in [0.3, 0.4) is 0 Å². The summed E-state index contributed by atoms with van der Waals surface area (Å²) in [4.78, 5) is 25.7. The Morgan fingerprint density at radius 1 is 1.36 bits per heavy atom. The third-order valence-electron chi connectivity index (χ3n) is 4.64. The third kappa shape index (κ3) is 3.90. The lowest BCUT2D eigenvalue weighted by atomic mass is 9.97. The van der Waals surface area contributed by atoms with Gasteiger partial charge in [0.15, 0.2) is 0 Å². The van der Waals surface area contributed by atoms with Crippen molar-refractivity contribution in [2.45, 2.75) is 32.6 Å². The summed E-state index contributed by atoms with van der Waals surface area (Å²) in [5, 5.41) is 3.95. The van der Waals surface area contributed by atoms with Crippen molar-refractivity contribution in [3.8, 4) is 0 Å². The van der Waals surface area contributed by atoms with Gasteiger partial charge in [-0.05, 0) is 42.4 Å². The van der Waals surface area contributed by atoms with Crippen LogP contribution in [0.15, 0.2) is 34.9 Å². The van der Waals surface area contributed by atoms with Crippen molar-refractivity contribution < 1.29 is 14.1 Å². The molecule has 2 aromatic rings. The molecule has 1 saturated heterocycles. The normalized spacial score (nSPS) is 17.2. The largest absolute Gasteiger partial charge is 0.366 e. The van der Waals surface area contributed by atoms with Crippen molar-refractivity contribution in [1.82, 2.24) is 10.1 Å². The summed E-state index contributed by atoms with van der Waals surface area (Å²) >= 11 is 0. The summed E-state index contributed by atoms with van der Waals surface area (Å²) in [6.45, 7) is 5.41. The molecule has 132 valence electrons. The van der Waals surface area contributed by atoms with Crippen LogP contribution in [0.1, 0.15) is 58.4 Å². The lowest BCUT2D eigenvalue weighted by Crippen LogP contribution is -2.28. The minimum atomic E-state index is -0.420. The Labute approximate surface area is 147 Å². The molecule has 1 aromatic heterocycles. The quantitative estimate of drug-likeness (QED) is 0.905. The molecule has 2 heterocycles. The van der Waals surface area contributed by atoms with E-state index >= 15 is 0 Å². The van der Waals surface area contributed by atoms with Gasteiger partial charge in [0.1, 0.15) is 0 Å². The Morgan fingerprint density at radius 3 is 2.84 bits per heavy atom. The fourth-order valence-corrected chi connectivity index (χ4v) is 3.19. The standard InChI is InChI=1S/C19H23N3O3/c1-12(2)16-10-17(25-21-16)19(24)22-7-6-14(11-22)8-13-4-3-5-15(9-13)18(20)23/h3-5,9-10,12,14H,6-8,11H2,1-2H3,(H2,20,23). The second-order valence-corrected chi connectivity index (χ2v) is 6.95. The van der Waals surface area contributed by atoms with Gasteiger partial charge in [0, 0.05) is 24.7 Å². The number of hydrogen-bond donors (Lipinski definition) is 1. The number of primary amides is 1. The Balaban J connectivity index is 1.62. The van der Waals surface area contributed by atoms with E-state index in [0.717, 1.165) is 24.1 Å². The molecule has 2 N–H and O–H groups in total. The van der Waals surface area contributed by atoms with Gasteiger partial charge in [0.2, 0.25) is 11.7 Å². The van der Waals surface area contributed by atoms with E-state index in [0.29, 0.717) is 30.3 Å². The van der Waals surface area contributed by atoms with Crippen LogP contribution < -0.4 is 5.73 Å². The Morgan fingerprint density at radius 2 is 2.16 bits per heavy atom. The molecule has 25 heavy (non-hydrogen) atoms. The topological polar surface area (TPSA) is 89.4 Å². The van der Waals surface area contributed by atoms with Crippen LogP contribution in [0.2, 0.25) is 0 Å². The van der Waals surface area contributed by atoms with Gasteiger partial charge in [-0.2, -0.15) is 0 Å². The average molecular weight is 341 g/mol. The third-order valence-corrected chi connectivity index (χ3v) is 4.64. The van der Waals surface area contributed by atoms with Crippen molar-refractivity contribution in [3.05, 3.63) is 52.9 Å². The Kier molecular flexibility index (Phi) is 4.88. The molecule has 2 amide bonds. The summed E-state index contributed by atoms with van der Waals surface area (Å²) in [5.41, 5.74) is 7.71. The zero-order valence-electron chi connectivity index (χ0n) is 14.6. The molecule has 1 unspecified atom stereocenters. The van der Waals surface area contributed by atoms with Crippen LogP contribution in [0, 0.1) is 5.92 Å². The number of nitrogens with zero attached hydrogens (tertiary/aromatic N) is 2. The van der Waals surface area contributed by atoms with Gasteiger partial charge in [-0.1, -0.05) is 31.1 Å². The first-order valence-corrected chi connectivity index (χ1v) is 8.58. The highest BCUT2D eigenvalue weighted by Gasteiger charge is 2.29. The number of likely N-dealkylation sites (tertiary alicyclic amines) is 1. The maximum absolute atomic E-state index is 12.6. The molecule has 1 atom stereocenters. The first kappa shape index (κ1) is 17.2. The number of aromatic nitrogens is 1. The second-order valence-electron chi connectivity index (χ2n) is 6.95. The molecule has 0 spiro atoms. The van der Waals surface area contributed by atoms with Crippen LogP contribution >= 0.6 is 0 Å². The van der Waals surface area contributed by atoms with Crippen molar-refractivity contribution >= 4 is 11.8 Å². The lowest BCUT2D eigenvalue weighted by molar-refractivity contribution is 0.0745. The number of amides is 2. The average Bonchev–Trinajstić information content (AvgIpc) is 3.24. The smallest absolute Gasteiger partial charge is 0.292 e. The lowest BCUT2D eigenvalue weighted by Gasteiger charge is -2.15. The molecule has 0 aliphatic carbocycles. The van der Waals surface area contributed by atoms with E-state index in [2.05, 4.69) is 5.16 Å². The molecule has 0 radical (unpaired) electrons. The summed E-state index contributed by atoms with van der Waals surface area (Å²) in [5.74, 6) is 0.373. The molecule has 3 rings (SSSR count). The number of rotatable bonds is 5. The molecule has 0 saturated carbocycles.